The van der Waals surface area contributed by atoms with Crippen LogP contribution in [-0.4, -0.2) is 105 Å². The van der Waals surface area contributed by atoms with Crippen molar-refractivity contribution in [1.29, 1.82) is 0 Å². The number of morpholine rings is 1. The molecule has 1 N–H and O–H groups in total. The van der Waals surface area contributed by atoms with E-state index in [9.17, 15) is 18.0 Å². The number of alkyl halides is 3. The summed E-state index contributed by atoms with van der Waals surface area (Å²) in [4.78, 5) is 22.2. The standard InChI is InChI=1S/C32H44F3N5O2/c33-32(34,35)28-7-4-8-29(23-28)39-15-17-40(18-16-39)30-11-13-38(24-26-5-2-1-3-6-26)25-27(30)9-10-31(41)36-12-14-37-19-21-42-22-20-37/h1-8,23,27,30H,9-22,24-25H2,(H,36,41)/t27-,30+/m0/s1. The van der Waals surface area contributed by atoms with Crippen LogP contribution in [0.1, 0.15) is 30.4 Å². The third-order valence-corrected chi connectivity index (χ3v) is 8.94. The minimum atomic E-state index is -4.34. The van der Waals surface area contributed by atoms with Gasteiger partial charge in [0.05, 0.1) is 18.8 Å². The van der Waals surface area contributed by atoms with Gasteiger partial charge in [-0.15, -0.1) is 0 Å². The molecule has 0 aromatic heterocycles. The Hall–Kier alpha value is -2.66. The smallest absolute Gasteiger partial charge is 0.379 e. The van der Waals surface area contributed by atoms with Gasteiger partial charge in [-0.25, -0.2) is 0 Å². The van der Waals surface area contributed by atoms with E-state index in [1.165, 1.54) is 17.7 Å². The third kappa shape index (κ3) is 8.69. The van der Waals surface area contributed by atoms with Crippen LogP contribution in [0.3, 0.4) is 0 Å². The summed E-state index contributed by atoms with van der Waals surface area (Å²) in [6, 6.07) is 16.5. The number of halogens is 3. The average Bonchev–Trinajstić information content (AvgIpc) is 3.01. The first-order valence-corrected chi connectivity index (χ1v) is 15.3. The highest BCUT2D eigenvalue weighted by Gasteiger charge is 2.35. The van der Waals surface area contributed by atoms with Crippen LogP contribution in [-0.2, 0) is 22.3 Å². The number of rotatable bonds is 10. The van der Waals surface area contributed by atoms with E-state index in [4.69, 9.17) is 4.74 Å². The molecule has 2 aromatic carbocycles. The molecule has 3 fully saturated rings. The molecule has 0 aliphatic carbocycles. The molecule has 42 heavy (non-hydrogen) atoms. The summed E-state index contributed by atoms with van der Waals surface area (Å²) >= 11 is 0. The van der Waals surface area contributed by atoms with Gasteiger partial charge < -0.3 is 15.0 Å². The van der Waals surface area contributed by atoms with E-state index in [1.807, 2.05) is 6.07 Å². The van der Waals surface area contributed by atoms with Crippen LogP contribution in [0.5, 0.6) is 0 Å². The molecule has 3 saturated heterocycles. The molecule has 0 unspecified atom stereocenters. The van der Waals surface area contributed by atoms with Crippen LogP contribution in [0, 0.1) is 5.92 Å². The van der Waals surface area contributed by atoms with Crippen molar-refractivity contribution in [3.63, 3.8) is 0 Å². The number of nitrogens with zero attached hydrogens (tertiary/aromatic N) is 4. The Balaban J connectivity index is 1.16. The SMILES string of the molecule is O=C(CC[C@H]1CN(Cc2ccccc2)CC[C@H]1N1CCN(c2cccc(C(F)(F)F)c2)CC1)NCCN1CCOCC1. The number of nitrogens with one attached hydrogen (secondary N) is 1. The predicted octanol–water partition coefficient (Wildman–Crippen LogP) is 3.95. The predicted molar refractivity (Wildman–Crippen MR) is 158 cm³/mol. The molecule has 10 heteroatoms. The van der Waals surface area contributed by atoms with Gasteiger partial charge in [-0.1, -0.05) is 36.4 Å². The van der Waals surface area contributed by atoms with Crippen molar-refractivity contribution in [2.75, 3.05) is 83.6 Å². The van der Waals surface area contributed by atoms with Crippen LogP contribution < -0.4 is 10.2 Å². The monoisotopic (exact) mass is 587 g/mol. The summed E-state index contributed by atoms with van der Waals surface area (Å²) in [5.41, 5.74) is 1.33. The van der Waals surface area contributed by atoms with E-state index in [1.54, 1.807) is 6.07 Å². The fraction of sp³-hybridized carbons (Fsp3) is 0.594. The molecule has 3 aliphatic heterocycles. The molecule has 5 rings (SSSR count). The van der Waals surface area contributed by atoms with Gasteiger partial charge in [0.2, 0.25) is 5.91 Å². The lowest BCUT2D eigenvalue weighted by Crippen LogP contribution is -2.56. The van der Waals surface area contributed by atoms with Crippen molar-refractivity contribution < 1.29 is 22.7 Å². The quantitative estimate of drug-likeness (QED) is 0.455. The maximum atomic E-state index is 13.3. The van der Waals surface area contributed by atoms with Crippen LogP contribution in [0.25, 0.3) is 0 Å². The number of carbonyl (C=O) groups excluding carboxylic acids is 1. The molecule has 3 heterocycles. The maximum Gasteiger partial charge on any atom is 0.416 e. The Labute approximate surface area is 247 Å². The Kier molecular flexibility index (Phi) is 10.8. The van der Waals surface area contributed by atoms with E-state index in [0.29, 0.717) is 43.7 Å². The molecule has 2 atom stereocenters. The fourth-order valence-corrected chi connectivity index (χ4v) is 6.62. The number of anilines is 1. The van der Waals surface area contributed by atoms with Gasteiger partial charge in [0.25, 0.3) is 0 Å². The zero-order chi connectivity index (χ0) is 29.4. The highest BCUT2D eigenvalue weighted by atomic mass is 19.4. The lowest BCUT2D eigenvalue weighted by atomic mass is 9.86. The van der Waals surface area contributed by atoms with Crippen molar-refractivity contribution in [2.45, 2.75) is 38.0 Å². The number of piperazine rings is 1. The zero-order valence-electron chi connectivity index (χ0n) is 24.4. The molecule has 2 aromatic rings. The fourth-order valence-electron chi connectivity index (χ4n) is 6.62. The minimum absolute atomic E-state index is 0.108. The highest BCUT2D eigenvalue weighted by Crippen LogP contribution is 2.33. The number of carbonyl (C=O) groups is 1. The van der Waals surface area contributed by atoms with Gasteiger partial charge >= 0.3 is 6.18 Å². The van der Waals surface area contributed by atoms with Gasteiger partial charge in [0.1, 0.15) is 0 Å². The Morgan fingerprint density at radius 3 is 2.40 bits per heavy atom. The summed E-state index contributed by atoms with van der Waals surface area (Å²) in [6.45, 7) is 10.7. The molecular formula is C32H44F3N5O2. The second kappa shape index (κ2) is 14.7. The Morgan fingerprint density at radius 1 is 0.905 bits per heavy atom. The second-order valence-electron chi connectivity index (χ2n) is 11.8. The van der Waals surface area contributed by atoms with Gasteiger partial charge in [0.15, 0.2) is 0 Å². The lowest BCUT2D eigenvalue weighted by molar-refractivity contribution is -0.137. The van der Waals surface area contributed by atoms with E-state index in [-0.39, 0.29) is 5.91 Å². The van der Waals surface area contributed by atoms with E-state index in [0.717, 1.165) is 84.5 Å². The van der Waals surface area contributed by atoms with Gasteiger partial charge in [-0.2, -0.15) is 13.2 Å². The summed E-state index contributed by atoms with van der Waals surface area (Å²) < 4.78 is 45.2. The third-order valence-electron chi connectivity index (χ3n) is 8.94. The molecule has 7 nitrogen and oxygen atoms in total. The average molecular weight is 588 g/mol. The maximum absolute atomic E-state index is 13.3. The molecule has 230 valence electrons. The number of ether oxygens (including phenoxy) is 1. The molecule has 1 amide bonds. The molecule has 0 saturated carbocycles. The first kappa shape index (κ1) is 30.8. The van der Waals surface area contributed by atoms with E-state index >= 15 is 0 Å². The van der Waals surface area contributed by atoms with Crippen molar-refractivity contribution in [2.24, 2.45) is 5.92 Å². The van der Waals surface area contributed by atoms with Crippen molar-refractivity contribution in [3.8, 4) is 0 Å². The number of hydrogen-bond donors (Lipinski definition) is 1. The van der Waals surface area contributed by atoms with Gasteiger partial charge in [-0.05, 0) is 49.1 Å². The normalized spacial score (nSPS) is 23.2. The van der Waals surface area contributed by atoms with E-state index < -0.39 is 11.7 Å². The first-order chi connectivity index (χ1) is 20.3. The lowest BCUT2D eigenvalue weighted by Gasteiger charge is -2.47. The topological polar surface area (TPSA) is 51.3 Å². The number of piperidine rings is 1. The van der Waals surface area contributed by atoms with Crippen LogP contribution >= 0.6 is 0 Å². The largest absolute Gasteiger partial charge is 0.416 e. The van der Waals surface area contributed by atoms with Crippen LogP contribution in [0.15, 0.2) is 54.6 Å². The van der Waals surface area contributed by atoms with Gasteiger partial charge in [-0.3, -0.25) is 19.5 Å². The summed E-state index contributed by atoms with van der Waals surface area (Å²) in [6.07, 6.45) is -1.98. The second-order valence-corrected chi connectivity index (χ2v) is 11.8. The van der Waals surface area contributed by atoms with Crippen molar-refractivity contribution >= 4 is 11.6 Å². The Bertz CT molecular complexity index is 1120. The number of hydrogen-bond acceptors (Lipinski definition) is 6. The molecule has 0 radical (unpaired) electrons. The van der Waals surface area contributed by atoms with Crippen LogP contribution in [0.2, 0.25) is 0 Å². The highest BCUT2D eigenvalue weighted by molar-refractivity contribution is 5.75. The first-order valence-electron chi connectivity index (χ1n) is 15.3. The summed E-state index contributed by atoms with van der Waals surface area (Å²) in [5.74, 6) is 0.462. The van der Waals surface area contributed by atoms with Crippen molar-refractivity contribution in [3.05, 3.63) is 65.7 Å². The summed E-state index contributed by atoms with van der Waals surface area (Å²) in [7, 11) is 0. The molecular weight excluding hydrogens is 543 g/mol. The van der Waals surface area contributed by atoms with Crippen LogP contribution in [0.4, 0.5) is 18.9 Å². The number of amides is 1. The zero-order valence-corrected chi connectivity index (χ0v) is 24.4. The van der Waals surface area contributed by atoms with Crippen molar-refractivity contribution in [1.82, 2.24) is 20.0 Å². The summed E-state index contributed by atoms with van der Waals surface area (Å²) in [5, 5.41) is 3.12. The minimum Gasteiger partial charge on any atom is -0.379 e. The molecule has 3 aliphatic rings. The Morgan fingerprint density at radius 2 is 1.67 bits per heavy atom. The number of likely N-dealkylation sites (tertiary alicyclic amines) is 1. The molecule has 0 spiro atoms. The van der Waals surface area contributed by atoms with Gasteiger partial charge in [0, 0.05) is 83.6 Å². The molecule has 0 bridgehead atoms. The number of benzene rings is 2. The van der Waals surface area contributed by atoms with E-state index in [2.05, 4.69) is 49.2 Å².